The Morgan fingerprint density at radius 2 is 1.90 bits per heavy atom. The smallest absolute Gasteiger partial charge is 0.170 e. The van der Waals surface area contributed by atoms with Crippen molar-refractivity contribution < 1.29 is 5.11 Å². The molecule has 1 aliphatic heterocycles. The van der Waals surface area contributed by atoms with Crippen LogP contribution in [0.3, 0.4) is 0 Å². The van der Waals surface area contributed by atoms with Gasteiger partial charge in [0.1, 0.15) is 0 Å². The highest BCUT2D eigenvalue weighted by molar-refractivity contribution is 7.80. The Bertz CT molecular complexity index is 1090. The number of hydrogen-bond acceptors (Lipinski definition) is 3. The quantitative estimate of drug-likeness (QED) is 0.561. The third kappa shape index (κ3) is 3.98. The molecule has 3 heterocycles. The normalized spacial score (nSPS) is 18.5. The molecule has 2 aromatic heterocycles. The van der Waals surface area contributed by atoms with Crippen LogP contribution < -0.4 is 5.32 Å². The molecule has 0 radical (unpaired) electrons. The molecular weight excluding hydrogens is 404 g/mol. The highest BCUT2D eigenvalue weighted by Crippen LogP contribution is 2.41. The van der Waals surface area contributed by atoms with Crippen molar-refractivity contribution in [3.05, 3.63) is 82.4 Å². The average molecular weight is 435 g/mol. The lowest BCUT2D eigenvalue weighted by Crippen LogP contribution is -2.31. The third-order valence-electron chi connectivity index (χ3n) is 6.15. The van der Waals surface area contributed by atoms with Crippen molar-refractivity contribution >= 4 is 17.3 Å². The molecule has 0 spiro atoms. The molecule has 0 unspecified atom stereocenters. The van der Waals surface area contributed by atoms with E-state index in [1.807, 2.05) is 24.4 Å². The molecule has 2 atom stereocenters. The second-order valence-corrected chi connectivity index (χ2v) is 8.74. The minimum atomic E-state index is -0.0417. The first-order chi connectivity index (χ1) is 14.9. The largest absolute Gasteiger partial charge is 0.396 e. The summed E-state index contributed by atoms with van der Waals surface area (Å²) in [5.41, 5.74) is 8.31. The fourth-order valence-electron chi connectivity index (χ4n) is 4.64. The minimum absolute atomic E-state index is 0.0130. The van der Waals surface area contributed by atoms with Crippen molar-refractivity contribution in [1.29, 1.82) is 0 Å². The van der Waals surface area contributed by atoms with Gasteiger partial charge in [-0.25, -0.2) is 0 Å². The van der Waals surface area contributed by atoms with Crippen LogP contribution in [0.25, 0.3) is 5.69 Å². The van der Waals surface area contributed by atoms with E-state index in [9.17, 15) is 5.11 Å². The van der Waals surface area contributed by atoms with Crippen molar-refractivity contribution in [2.75, 3.05) is 13.2 Å². The second-order valence-electron chi connectivity index (χ2n) is 8.35. The third-order valence-corrected chi connectivity index (χ3v) is 6.50. The molecule has 1 aliphatic rings. The van der Waals surface area contributed by atoms with Crippen molar-refractivity contribution in [3.8, 4) is 5.69 Å². The van der Waals surface area contributed by atoms with Gasteiger partial charge in [-0.05, 0) is 87.3 Å². The maximum atomic E-state index is 9.45. The Balaban J connectivity index is 1.84. The number of nitrogens with zero attached hydrogens (tertiary/aromatic N) is 3. The van der Waals surface area contributed by atoms with Crippen LogP contribution in [0.5, 0.6) is 0 Å². The number of thiocarbonyl (C=S) groups is 1. The number of hydrogen-bond donors (Lipinski definition) is 2. The Hall–Kier alpha value is -2.70. The predicted octanol–water partition coefficient (Wildman–Crippen LogP) is 4.46. The molecule has 6 heteroatoms. The monoisotopic (exact) mass is 434 g/mol. The number of aliphatic hydroxyl groups excluding tert-OH is 1. The summed E-state index contributed by atoms with van der Waals surface area (Å²) in [4.78, 5) is 6.83. The minimum Gasteiger partial charge on any atom is -0.396 e. The first-order valence-electron chi connectivity index (χ1n) is 10.8. The van der Waals surface area contributed by atoms with Gasteiger partial charge in [0.15, 0.2) is 5.11 Å². The van der Waals surface area contributed by atoms with Gasteiger partial charge in [-0.15, -0.1) is 0 Å². The molecule has 0 bridgehead atoms. The first-order valence-corrected chi connectivity index (χ1v) is 11.2. The first kappa shape index (κ1) is 21.5. The van der Waals surface area contributed by atoms with Crippen molar-refractivity contribution in [2.24, 2.45) is 0 Å². The molecule has 2 N–H and O–H groups in total. The van der Waals surface area contributed by atoms with Crippen LogP contribution in [-0.2, 0) is 0 Å². The summed E-state index contributed by atoms with van der Waals surface area (Å²) >= 11 is 5.72. The van der Waals surface area contributed by atoms with Gasteiger partial charge in [0.05, 0.1) is 17.8 Å². The van der Waals surface area contributed by atoms with Gasteiger partial charge in [0, 0.05) is 36.4 Å². The van der Waals surface area contributed by atoms with Crippen molar-refractivity contribution in [2.45, 2.75) is 46.2 Å². The highest BCUT2D eigenvalue weighted by atomic mass is 32.1. The Kier molecular flexibility index (Phi) is 6.12. The summed E-state index contributed by atoms with van der Waals surface area (Å²) in [6, 6.07) is 14.8. The summed E-state index contributed by atoms with van der Waals surface area (Å²) in [5, 5.41) is 13.7. The van der Waals surface area contributed by atoms with Gasteiger partial charge in [-0.2, -0.15) is 0 Å². The Labute approximate surface area is 189 Å². The summed E-state index contributed by atoms with van der Waals surface area (Å²) < 4.78 is 2.35. The predicted molar refractivity (Wildman–Crippen MR) is 129 cm³/mol. The number of benzene rings is 1. The maximum absolute atomic E-state index is 9.45. The van der Waals surface area contributed by atoms with Gasteiger partial charge < -0.3 is 19.9 Å². The van der Waals surface area contributed by atoms with Crippen LogP contribution in [0, 0.1) is 27.7 Å². The molecule has 0 aliphatic carbocycles. The zero-order valence-corrected chi connectivity index (χ0v) is 19.4. The van der Waals surface area contributed by atoms with E-state index in [4.69, 9.17) is 12.2 Å². The van der Waals surface area contributed by atoms with Crippen molar-refractivity contribution in [3.63, 3.8) is 0 Å². The summed E-state index contributed by atoms with van der Waals surface area (Å²) in [6.45, 7) is 9.47. The number of aromatic nitrogens is 2. The number of rotatable bonds is 6. The number of pyridine rings is 1. The number of aliphatic hydroxyl groups is 1. The van der Waals surface area contributed by atoms with Crippen LogP contribution in [0.4, 0.5) is 0 Å². The van der Waals surface area contributed by atoms with Gasteiger partial charge >= 0.3 is 0 Å². The van der Waals surface area contributed by atoms with E-state index in [0.717, 1.165) is 5.69 Å². The van der Waals surface area contributed by atoms with Crippen molar-refractivity contribution in [1.82, 2.24) is 19.8 Å². The summed E-state index contributed by atoms with van der Waals surface area (Å²) in [5.74, 6) is 0. The average Bonchev–Trinajstić information content (AvgIpc) is 3.24. The summed E-state index contributed by atoms with van der Waals surface area (Å²) in [6.07, 6.45) is 2.50. The fraction of sp³-hybridized carbons (Fsp3) is 0.360. The molecule has 1 aromatic carbocycles. The topological polar surface area (TPSA) is 53.3 Å². The molecule has 5 nitrogen and oxygen atoms in total. The van der Waals surface area contributed by atoms with Gasteiger partial charge in [0.2, 0.25) is 0 Å². The van der Waals surface area contributed by atoms with E-state index < -0.39 is 0 Å². The molecular formula is C25H30N4OS. The molecule has 0 saturated carbocycles. The highest BCUT2D eigenvalue weighted by Gasteiger charge is 2.41. The van der Waals surface area contributed by atoms with Gasteiger partial charge in [0.25, 0.3) is 0 Å². The van der Waals surface area contributed by atoms with Crippen LogP contribution in [0.1, 0.15) is 52.3 Å². The van der Waals surface area contributed by atoms with E-state index in [1.54, 1.807) is 0 Å². The van der Waals surface area contributed by atoms with Crippen LogP contribution in [0.15, 0.2) is 48.7 Å². The Morgan fingerprint density at radius 3 is 2.61 bits per heavy atom. The molecule has 31 heavy (non-hydrogen) atoms. The molecule has 3 aromatic rings. The van der Waals surface area contributed by atoms with Gasteiger partial charge in [-0.1, -0.05) is 18.2 Å². The van der Waals surface area contributed by atoms with E-state index in [2.05, 4.69) is 71.7 Å². The molecule has 0 amide bonds. The maximum Gasteiger partial charge on any atom is 0.170 e. The lowest BCUT2D eigenvalue weighted by molar-refractivity contribution is 0.247. The van der Waals surface area contributed by atoms with Gasteiger partial charge in [-0.3, -0.25) is 4.98 Å². The standard InChI is InChI=1S/C25H30N4OS/c1-16-9-10-17(2)22(14-16)29-18(3)15-20(19(29)4)24-23(21-8-5-6-11-26-21)27-25(31)28(24)12-7-13-30/h5-6,8-11,14-15,23-24,30H,7,12-13H2,1-4H3,(H,27,31)/t23-,24+/m0/s1. The Morgan fingerprint density at radius 1 is 1.10 bits per heavy atom. The fourth-order valence-corrected chi connectivity index (χ4v) is 4.98. The lowest BCUT2D eigenvalue weighted by Gasteiger charge is -2.28. The van der Waals surface area contributed by atoms with E-state index in [1.165, 1.54) is 33.8 Å². The number of nitrogens with one attached hydrogen (secondary N) is 1. The van der Waals surface area contributed by atoms with E-state index in [0.29, 0.717) is 18.1 Å². The molecule has 4 rings (SSSR count). The molecule has 162 valence electrons. The van der Waals surface area contributed by atoms with Crippen LogP contribution >= 0.6 is 12.2 Å². The number of aryl methyl sites for hydroxylation is 3. The summed E-state index contributed by atoms with van der Waals surface area (Å²) in [7, 11) is 0. The SMILES string of the molecule is Cc1ccc(C)c(-n2c(C)cc([C@@H]3[C@H](c4ccccn4)NC(=S)N3CCCO)c2C)c1. The van der Waals surface area contributed by atoms with Crippen LogP contribution in [-0.4, -0.2) is 37.8 Å². The lowest BCUT2D eigenvalue weighted by atomic mass is 9.96. The zero-order chi connectivity index (χ0) is 22.1. The van der Waals surface area contributed by atoms with Crippen LogP contribution in [0.2, 0.25) is 0 Å². The molecule has 1 fully saturated rings. The van der Waals surface area contributed by atoms with E-state index >= 15 is 0 Å². The zero-order valence-electron chi connectivity index (χ0n) is 18.6. The second kappa shape index (κ2) is 8.81. The van der Waals surface area contributed by atoms with E-state index in [-0.39, 0.29) is 18.7 Å². The molecule has 1 saturated heterocycles.